The molecule has 0 aliphatic rings. The van der Waals surface area contributed by atoms with Gasteiger partial charge in [0.15, 0.2) is 16.6 Å². The first-order valence-corrected chi connectivity index (χ1v) is 27.1. The van der Waals surface area contributed by atoms with Crippen LogP contribution in [0, 0.1) is 0 Å². The molecule has 0 saturated carbocycles. The Morgan fingerprint density at radius 3 is 1.44 bits per heavy atom. The molecule has 0 aliphatic heterocycles. The molecule has 0 spiro atoms. The van der Waals surface area contributed by atoms with Crippen LogP contribution >= 0.6 is 27.5 Å². The number of hydrogen-bond donors (Lipinski definition) is 2. The van der Waals surface area contributed by atoms with Crippen LogP contribution in [-0.4, -0.2) is 63.5 Å². The van der Waals surface area contributed by atoms with Gasteiger partial charge in [0.05, 0.1) is 0 Å². The molecule has 0 fully saturated rings. The molecule has 0 aliphatic carbocycles. The van der Waals surface area contributed by atoms with E-state index >= 15 is 0 Å². The summed E-state index contributed by atoms with van der Waals surface area (Å²) in [7, 11) is -4.45. The van der Waals surface area contributed by atoms with E-state index in [0.29, 0.717) is 16.3 Å². The van der Waals surface area contributed by atoms with Gasteiger partial charge in [-0.3, -0.25) is 0 Å². The highest BCUT2D eigenvalue weighted by atomic mass is 32.4. The number of hydrogen-bond acceptors (Lipinski definition) is 4. The zero-order valence-electron chi connectivity index (χ0n) is 19.8. The zero-order valence-corrected chi connectivity index (χ0v) is 26.6. The Morgan fingerprint density at radius 1 is 0.815 bits per heavy atom. The Bertz CT molecular complexity index is 444. The summed E-state index contributed by atoms with van der Waals surface area (Å²) in [5.74, 6) is 1.21. The van der Waals surface area contributed by atoms with E-state index in [1.807, 2.05) is 7.11 Å². The SMILES string of the molecule is CO[Si](CCCS[Si](C)(C)C)(PC(C)(C)[Si](C)(C)O)PC(C)(C)[Si](C)(C)O. The van der Waals surface area contributed by atoms with Crippen LogP contribution in [0.15, 0.2) is 0 Å². The summed E-state index contributed by atoms with van der Waals surface area (Å²) in [6.45, 7) is 24.5. The Balaban J connectivity index is 5.62. The van der Waals surface area contributed by atoms with Crippen LogP contribution in [0.2, 0.25) is 51.9 Å². The smallest absolute Gasteiger partial charge is 0.237 e. The van der Waals surface area contributed by atoms with Gasteiger partial charge in [-0.15, -0.1) is 0 Å². The fourth-order valence-corrected chi connectivity index (χ4v) is 37.9. The van der Waals surface area contributed by atoms with Crippen molar-refractivity contribution in [3.05, 3.63) is 0 Å². The molecule has 0 amide bonds. The Kier molecular flexibility index (Phi) is 10.8. The van der Waals surface area contributed by atoms with Crippen molar-refractivity contribution in [2.75, 3.05) is 12.9 Å². The van der Waals surface area contributed by atoms with Crippen molar-refractivity contribution in [1.29, 1.82) is 0 Å². The maximum atomic E-state index is 10.9. The second kappa shape index (κ2) is 10.1. The van der Waals surface area contributed by atoms with Gasteiger partial charge in [0.25, 0.3) is 0 Å². The highest BCUT2D eigenvalue weighted by Gasteiger charge is 2.52. The standard InChI is InChI=1S/C17H46O3P2SSi4/c1-16(2,25(9,10)18)21-27(20-5,15-13-14-23-24(6,7)8)22-17(3,4)26(11,12)19/h18-19,21-22H,13-15H2,1-12H3. The van der Waals surface area contributed by atoms with Crippen LogP contribution in [-0.2, 0) is 4.43 Å². The van der Waals surface area contributed by atoms with Gasteiger partial charge in [-0.05, 0) is 44.4 Å². The van der Waals surface area contributed by atoms with Crippen molar-refractivity contribution < 1.29 is 14.0 Å². The minimum absolute atomic E-state index is 0.0502. The third-order valence-corrected chi connectivity index (χ3v) is 37.2. The summed E-state index contributed by atoms with van der Waals surface area (Å²) < 4.78 is 6.32. The summed E-state index contributed by atoms with van der Waals surface area (Å²) in [5.41, 5.74) is 0. The van der Waals surface area contributed by atoms with Gasteiger partial charge in [-0.25, -0.2) is 0 Å². The third kappa shape index (κ3) is 9.75. The molecule has 0 heterocycles. The van der Waals surface area contributed by atoms with Crippen LogP contribution < -0.4 is 0 Å². The van der Waals surface area contributed by atoms with E-state index in [0.717, 1.165) is 6.04 Å². The summed E-state index contributed by atoms with van der Waals surface area (Å²) in [4.78, 5) is 21.8. The first kappa shape index (κ1) is 29.0. The minimum Gasteiger partial charge on any atom is -0.431 e. The lowest BCUT2D eigenvalue weighted by Gasteiger charge is -2.47. The van der Waals surface area contributed by atoms with E-state index < -0.39 is 31.5 Å². The summed E-state index contributed by atoms with van der Waals surface area (Å²) in [5, 5.41) is 0. The molecule has 0 aromatic heterocycles. The Hall–Kier alpha value is 1.96. The van der Waals surface area contributed by atoms with E-state index in [2.05, 4.69) is 84.7 Å². The summed E-state index contributed by atoms with van der Waals surface area (Å²) >= 11 is 2.16. The van der Waals surface area contributed by atoms with E-state index in [4.69, 9.17) is 4.43 Å². The lowest BCUT2D eigenvalue weighted by Crippen LogP contribution is -2.53. The highest BCUT2D eigenvalue weighted by molar-refractivity contribution is 8.28. The van der Waals surface area contributed by atoms with E-state index in [1.54, 1.807) is 0 Å². The second-order valence-electron chi connectivity index (χ2n) is 10.7. The average Bonchev–Trinajstić information content (AvgIpc) is 2.39. The van der Waals surface area contributed by atoms with Crippen molar-refractivity contribution in [2.45, 2.75) is 95.5 Å². The van der Waals surface area contributed by atoms with Crippen molar-refractivity contribution in [2.24, 2.45) is 0 Å². The molecule has 3 nitrogen and oxygen atoms in total. The molecule has 2 atom stereocenters. The van der Waals surface area contributed by atoms with Crippen LogP contribution in [0.5, 0.6) is 0 Å². The lowest BCUT2D eigenvalue weighted by atomic mass is 10.5. The summed E-state index contributed by atoms with van der Waals surface area (Å²) in [6.07, 6.45) is 1.20. The third-order valence-electron chi connectivity index (χ3n) is 5.64. The molecule has 2 unspecified atom stereocenters. The molecular weight excluding hydrogens is 459 g/mol. The fraction of sp³-hybridized carbons (Fsp3) is 1.00. The van der Waals surface area contributed by atoms with E-state index in [1.165, 1.54) is 12.2 Å². The van der Waals surface area contributed by atoms with Gasteiger partial charge in [0.1, 0.15) is 7.22 Å². The monoisotopic (exact) mass is 504 g/mol. The van der Waals surface area contributed by atoms with Gasteiger partial charge in [-0.2, -0.15) is 11.2 Å². The predicted molar refractivity (Wildman–Crippen MR) is 142 cm³/mol. The molecule has 164 valence electrons. The first-order valence-electron chi connectivity index (χ1n) is 9.91. The zero-order chi connectivity index (χ0) is 21.9. The van der Waals surface area contributed by atoms with Crippen molar-refractivity contribution in [3.8, 4) is 0 Å². The molecule has 0 radical (unpaired) electrons. The van der Waals surface area contributed by atoms with Gasteiger partial charge >= 0.3 is 0 Å². The van der Waals surface area contributed by atoms with Crippen LogP contribution in [0.1, 0.15) is 34.1 Å². The first-order chi connectivity index (χ1) is 11.7. The molecule has 0 aromatic carbocycles. The Morgan fingerprint density at radius 2 is 1.19 bits per heavy atom. The van der Waals surface area contributed by atoms with Gasteiger partial charge in [0, 0.05) is 16.7 Å². The minimum atomic E-state index is -2.29. The van der Waals surface area contributed by atoms with Gasteiger partial charge < -0.3 is 14.0 Å². The highest BCUT2D eigenvalue weighted by Crippen LogP contribution is 2.59. The van der Waals surface area contributed by atoms with Gasteiger partial charge in [0.2, 0.25) is 7.65 Å². The second-order valence-corrected chi connectivity index (χ2v) is 43.3. The molecule has 0 rings (SSSR count). The van der Waals surface area contributed by atoms with Crippen LogP contribution in [0.3, 0.4) is 0 Å². The van der Waals surface area contributed by atoms with E-state index in [-0.39, 0.29) is 9.56 Å². The topological polar surface area (TPSA) is 49.7 Å². The fourth-order valence-electron chi connectivity index (χ4n) is 2.38. The maximum Gasteiger partial charge on any atom is 0.237 e. The van der Waals surface area contributed by atoms with Crippen molar-refractivity contribution in [3.63, 3.8) is 0 Å². The largest absolute Gasteiger partial charge is 0.431 e. The van der Waals surface area contributed by atoms with Crippen LogP contribution in [0.4, 0.5) is 0 Å². The molecule has 0 bridgehead atoms. The molecule has 0 aromatic rings. The van der Waals surface area contributed by atoms with E-state index in [9.17, 15) is 9.59 Å². The predicted octanol–water partition coefficient (Wildman–Crippen LogP) is 5.92. The molecule has 2 N–H and O–H groups in total. The molecule has 10 heteroatoms. The normalized spacial score (nSPS) is 18.0. The summed E-state index contributed by atoms with van der Waals surface area (Å²) in [6, 6.07) is 1.15. The molecule has 0 saturated heterocycles. The van der Waals surface area contributed by atoms with Crippen molar-refractivity contribution >= 4 is 59.0 Å². The van der Waals surface area contributed by atoms with Crippen molar-refractivity contribution in [1.82, 2.24) is 0 Å². The Labute approximate surface area is 180 Å². The van der Waals surface area contributed by atoms with Crippen LogP contribution in [0.25, 0.3) is 0 Å². The number of rotatable bonds is 12. The quantitative estimate of drug-likeness (QED) is 0.197. The average molecular weight is 505 g/mol. The molecular formula is C17H46O3P2SSi4. The lowest BCUT2D eigenvalue weighted by molar-refractivity contribution is 0.425. The molecule has 27 heavy (non-hydrogen) atoms. The maximum absolute atomic E-state index is 10.9. The van der Waals surface area contributed by atoms with Gasteiger partial charge in [-0.1, -0.05) is 63.6 Å².